The fraction of sp³-hybridized carbons (Fsp3) is 0.846. The highest BCUT2D eigenvalue weighted by molar-refractivity contribution is 5.83. The van der Waals surface area contributed by atoms with Gasteiger partial charge in [0.05, 0.1) is 0 Å². The lowest BCUT2D eigenvalue weighted by Gasteiger charge is -2.27. The zero-order chi connectivity index (χ0) is 13.2. The van der Waals surface area contributed by atoms with Gasteiger partial charge in [0, 0.05) is 13.1 Å². The molecular weight excluding hydrogens is 232 g/mol. The molecule has 2 amide bonds. The summed E-state index contributed by atoms with van der Waals surface area (Å²) >= 11 is 0. The summed E-state index contributed by atoms with van der Waals surface area (Å²) in [5.74, 6) is -0.894. The molecule has 1 saturated heterocycles. The van der Waals surface area contributed by atoms with E-state index in [2.05, 4.69) is 12.2 Å². The smallest absolute Gasteiger partial charge is 0.326 e. The van der Waals surface area contributed by atoms with E-state index in [1.807, 2.05) is 0 Å². The number of carboxylic acid groups (broad SMARTS) is 1. The first-order valence-corrected chi connectivity index (χ1v) is 6.79. The lowest BCUT2D eigenvalue weighted by Crippen LogP contribution is -2.48. The third kappa shape index (κ3) is 2.76. The first-order chi connectivity index (χ1) is 8.52. The van der Waals surface area contributed by atoms with Crippen molar-refractivity contribution >= 4 is 12.0 Å². The second-order valence-electron chi connectivity index (χ2n) is 5.87. The van der Waals surface area contributed by atoms with Crippen molar-refractivity contribution in [2.45, 2.75) is 51.5 Å². The first-order valence-electron chi connectivity index (χ1n) is 6.79. The number of likely N-dealkylation sites (tertiary alicyclic amines) is 1. The maximum atomic E-state index is 12.0. The molecule has 18 heavy (non-hydrogen) atoms. The van der Waals surface area contributed by atoms with E-state index in [4.69, 9.17) is 5.11 Å². The van der Waals surface area contributed by atoms with Crippen molar-refractivity contribution in [1.82, 2.24) is 10.2 Å². The van der Waals surface area contributed by atoms with Crippen LogP contribution in [0.25, 0.3) is 0 Å². The molecule has 2 rings (SSSR count). The summed E-state index contributed by atoms with van der Waals surface area (Å²) < 4.78 is 0. The number of hydrogen-bond acceptors (Lipinski definition) is 2. The summed E-state index contributed by atoms with van der Waals surface area (Å²) in [4.78, 5) is 24.5. The fourth-order valence-electron chi connectivity index (χ4n) is 3.06. The molecule has 102 valence electrons. The standard InChI is InChI=1S/C13H22N2O3/c1-13(6-2-3-7-13)9-14-12(18)15-8-4-5-10(15)11(16)17/h10H,2-9H2,1H3,(H,14,18)(H,16,17)/t10-/m1/s1. The van der Waals surface area contributed by atoms with Gasteiger partial charge in [0.15, 0.2) is 0 Å². The molecule has 0 aromatic carbocycles. The van der Waals surface area contributed by atoms with Crippen molar-refractivity contribution in [3.63, 3.8) is 0 Å². The molecule has 2 fully saturated rings. The summed E-state index contributed by atoms with van der Waals surface area (Å²) in [5.41, 5.74) is 0.202. The van der Waals surface area contributed by atoms with Gasteiger partial charge >= 0.3 is 12.0 Å². The van der Waals surface area contributed by atoms with Crippen molar-refractivity contribution in [2.75, 3.05) is 13.1 Å². The monoisotopic (exact) mass is 254 g/mol. The highest BCUT2D eigenvalue weighted by Crippen LogP contribution is 2.36. The van der Waals surface area contributed by atoms with Crippen molar-refractivity contribution in [3.8, 4) is 0 Å². The zero-order valence-electron chi connectivity index (χ0n) is 10.9. The molecule has 5 nitrogen and oxygen atoms in total. The molecule has 1 saturated carbocycles. The number of carbonyl (C=O) groups excluding carboxylic acids is 1. The Bertz CT molecular complexity index is 337. The summed E-state index contributed by atoms with van der Waals surface area (Å²) in [7, 11) is 0. The Balaban J connectivity index is 1.86. The second-order valence-corrected chi connectivity index (χ2v) is 5.87. The molecule has 5 heteroatoms. The van der Waals surface area contributed by atoms with E-state index >= 15 is 0 Å². The Morgan fingerprint density at radius 2 is 2.00 bits per heavy atom. The van der Waals surface area contributed by atoms with Crippen LogP contribution in [0.4, 0.5) is 4.79 Å². The number of nitrogens with zero attached hydrogens (tertiary/aromatic N) is 1. The topological polar surface area (TPSA) is 69.6 Å². The first kappa shape index (κ1) is 13.2. The van der Waals surface area contributed by atoms with Gasteiger partial charge in [-0.1, -0.05) is 19.8 Å². The van der Waals surface area contributed by atoms with Gasteiger partial charge in [0.25, 0.3) is 0 Å². The maximum Gasteiger partial charge on any atom is 0.326 e. The molecule has 1 atom stereocenters. The van der Waals surface area contributed by atoms with Gasteiger partial charge in [-0.05, 0) is 31.1 Å². The average Bonchev–Trinajstić information content (AvgIpc) is 2.95. The normalized spacial score (nSPS) is 26.3. The van der Waals surface area contributed by atoms with E-state index in [9.17, 15) is 9.59 Å². The SMILES string of the molecule is CC1(CNC(=O)N2CCC[C@@H]2C(=O)O)CCCC1. The quantitative estimate of drug-likeness (QED) is 0.807. The summed E-state index contributed by atoms with van der Waals surface area (Å²) in [6.45, 7) is 3.41. The summed E-state index contributed by atoms with van der Waals surface area (Å²) in [5, 5.41) is 12.0. The van der Waals surface area contributed by atoms with Crippen molar-refractivity contribution < 1.29 is 14.7 Å². The van der Waals surface area contributed by atoms with E-state index in [0.717, 1.165) is 19.3 Å². The lowest BCUT2D eigenvalue weighted by atomic mass is 9.89. The van der Waals surface area contributed by atoms with Gasteiger partial charge in [-0.2, -0.15) is 0 Å². The Morgan fingerprint density at radius 1 is 1.33 bits per heavy atom. The second kappa shape index (κ2) is 5.16. The van der Waals surface area contributed by atoms with E-state index in [0.29, 0.717) is 19.5 Å². The highest BCUT2D eigenvalue weighted by Gasteiger charge is 2.35. The molecule has 0 aromatic heterocycles. The third-order valence-electron chi connectivity index (χ3n) is 4.28. The number of urea groups is 1. The van der Waals surface area contributed by atoms with Gasteiger partial charge in [-0.3, -0.25) is 0 Å². The predicted molar refractivity (Wildman–Crippen MR) is 67.3 cm³/mol. The van der Waals surface area contributed by atoms with E-state index in [1.54, 1.807) is 0 Å². The van der Waals surface area contributed by atoms with Gasteiger partial charge < -0.3 is 15.3 Å². The number of amides is 2. The van der Waals surface area contributed by atoms with Crippen molar-refractivity contribution in [3.05, 3.63) is 0 Å². The van der Waals surface area contributed by atoms with Crippen LogP contribution in [0.1, 0.15) is 45.4 Å². The Labute approximate surface area is 108 Å². The molecule has 2 aliphatic rings. The van der Waals surface area contributed by atoms with Crippen LogP contribution in [0.3, 0.4) is 0 Å². The van der Waals surface area contributed by atoms with Crippen LogP contribution in [0.2, 0.25) is 0 Å². The molecule has 0 unspecified atom stereocenters. The molecule has 2 N–H and O–H groups in total. The number of rotatable bonds is 3. The fourth-order valence-corrected chi connectivity index (χ4v) is 3.06. The molecule has 1 aliphatic carbocycles. The van der Waals surface area contributed by atoms with E-state index in [1.165, 1.54) is 17.7 Å². The molecule has 0 spiro atoms. The Kier molecular flexibility index (Phi) is 3.78. The number of carboxylic acids is 1. The highest BCUT2D eigenvalue weighted by atomic mass is 16.4. The van der Waals surface area contributed by atoms with Gasteiger partial charge in [0.1, 0.15) is 6.04 Å². The van der Waals surface area contributed by atoms with Crippen LogP contribution < -0.4 is 5.32 Å². The number of aliphatic carboxylic acids is 1. The van der Waals surface area contributed by atoms with E-state index < -0.39 is 12.0 Å². The molecule has 1 heterocycles. The Morgan fingerprint density at radius 3 is 2.61 bits per heavy atom. The van der Waals surface area contributed by atoms with Crippen molar-refractivity contribution in [2.24, 2.45) is 5.41 Å². The summed E-state index contributed by atoms with van der Waals surface area (Å²) in [6, 6.07) is -0.852. The molecule has 1 aliphatic heterocycles. The lowest BCUT2D eigenvalue weighted by molar-refractivity contribution is -0.141. The number of carbonyl (C=O) groups is 2. The van der Waals surface area contributed by atoms with Crippen molar-refractivity contribution in [1.29, 1.82) is 0 Å². The van der Waals surface area contributed by atoms with Crippen LogP contribution in [-0.4, -0.2) is 41.1 Å². The predicted octanol–water partition coefficient (Wildman–Crippen LogP) is 1.83. The van der Waals surface area contributed by atoms with Gasteiger partial charge in [-0.25, -0.2) is 9.59 Å². The minimum absolute atomic E-state index is 0.202. The van der Waals surface area contributed by atoms with Crippen LogP contribution in [0, 0.1) is 5.41 Å². The molecule has 0 aromatic rings. The zero-order valence-corrected chi connectivity index (χ0v) is 10.9. The molecule has 0 radical (unpaired) electrons. The number of hydrogen-bond donors (Lipinski definition) is 2. The van der Waals surface area contributed by atoms with Crippen LogP contribution >= 0.6 is 0 Å². The third-order valence-corrected chi connectivity index (χ3v) is 4.28. The number of nitrogens with one attached hydrogen (secondary N) is 1. The average molecular weight is 254 g/mol. The summed E-state index contributed by atoms with van der Waals surface area (Å²) in [6.07, 6.45) is 6.11. The van der Waals surface area contributed by atoms with Crippen LogP contribution in [0.15, 0.2) is 0 Å². The van der Waals surface area contributed by atoms with Crippen LogP contribution in [-0.2, 0) is 4.79 Å². The van der Waals surface area contributed by atoms with Gasteiger partial charge in [0.2, 0.25) is 0 Å². The van der Waals surface area contributed by atoms with Gasteiger partial charge in [-0.15, -0.1) is 0 Å². The van der Waals surface area contributed by atoms with Crippen LogP contribution in [0.5, 0.6) is 0 Å². The minimum atomic E-state index is -0.894. The minimum Gasteiger partial charge on any atom is -0.480 e. The molecule has 0 bridgehead atoms. The molecular formula is C13H22N2O3. The largest absolute Gasteiger partial charge is 0.480 e. The van der Waals surface area contributed by atoms with E-state index in [-0.39, 0.29) is 11.4 Å². The Hall–Kier alpha value is -1.26. The maximum absolute atomic E-state index is 12.0.